The lowest BCUT2D eigenvalue weighted by atomic mass is 10.1. The quantitative estimate of drug-likeness (QED) is 0.873. The Bertz CT molecular complexity index is 691. The number of nitrogens with zero attached hydrogens (tertiary/aromatic N) is 2. The third-order valence-electron chi connectivity index (χ3n) is 2.66. The molecule has 0 atom stereocenters. The topological polar surface area (TPSA) is 66.1 Å². The average molecular weight is 331 g/mol. The van der Waals surface area contributed by atoms with Gasteiger partial charge in [-0.1, -0.05) is 22.0 Å². The van der Waals surface area contributed by atoms with Gasteiger partial charge in [-0.2, -0.15) is 5.26 Å². The van der Waals surface area contributed by atoms with Gasteiger partial charge in [0.1, 0.15) is 6.07 Å². The zero-order valence-electron chi connectivity index (χ0n) is 10.7. The molecule has 1 heterocycles. The van der Waals surface area contributed by atoms with Gasteiger partial charge in [0.05, 0.1) is 18.4 Å². The van der Waals surface area contributed by atoms with Gasteiger partial charge in [0.2, 0.25) is 0 Å². The smallest absolute Gasteiger partial charge is 0.161 e. The number of hydrogen-bond donors (Lipinski definition) is 1. The van der Waals surface area contributed by atoms with E-state index in [0.717, 1.165) is 5.56 Å². The van der Waals surface area contributed by atoms with Crippen molar-refractivity contribution in [1.82, 2.24) is 4.98 Å². The van der Waals surface area contributed by atoms with Crippen LogP contribution in [0.5, 0.6) is 11.5 Å². The maximum atomic E-state index is 9.67. The van der Waals surface area contributed by atoms with Crippen molar-refractivity contribution in [1.29, 1.82) is 5.26 Å². The van der Waals surface area contributed by atoms with Crippen LogP contribution in [0.25, 0.3) is 11.6 Å². The van der Waals surface area contributed by atoms with Crippen molar-refractivity contribution in [2.75, 3.05) is 7.11 Å². The molecule has 1 aromatic carbocycles. The van der Waals surface area contributed by atoms with Gasteiger partial charge >= 0.3 is 0 Å². The van der Waals surface area contributed by atoms with Crippen LogP contribution in [0.15, 0.2) is 41.0 Å². The predicted molar refractivity (Wildman–Crippen MR) is 80.1 cm³/mol. The molecule has 0 spiro atoms. The Morgan fingerprint density at radius 2 is 2.25 bits per heavy atom. The molecule has 2 aromatic rings. The van der Waals surface area contributed by atoms with E-state index in [2.05, 4.69) is 27.0 Å². The zero-order valence-corrected chi connectivity index (χ0v) is 12.3. The summed E-state index contributed by atoms with van der Waals surface area (Å²) in [5, 5.41) is 18.9. The largest absolute Gasteiger partial charge is 0.504 e. The van der Waals surface area contributed by atoms with Gasteiger partial charge in [-0.15, -0.1) is 0 Å². The fourth-order valence-corrected chi connectivity index (χ4v) is 2.12. The summed E-state index contributed by atoms with van der Waals surface area (Å²) in [5.41, 5.74) is 1.75. The summed E-state index contributed by atoms with van der Waals surface area (Å²) in [6.07, 6.45) is 3.32. The molecule has 20 heavy (non-hydrogen) atoms. The lowest BCUT2D eigenvalue weighted by Crippen LogP contribution is -1.89. The highest BCUT2D eigenvalue weighted by Gasteiger charge is 2.09. The molecule has 0 bridgehead atoms. The standard InChI is InChI=1S/C15H11BrN2O2/c1-20-15-7-10(12(16)8-14(15)19)6-11(9-17)13-4-2-3-5-18-13/h2-8,19H,1H3/b11-6-. The molecule has 0 saturated carbocycles. The van der Waals surface area contributed by atoms with Crippen molar-refractivity contribution in [2.45, 2.75) is 0 Å². The number of phenolic OH excluding ortho intramolecular Hbond substituents is 1. The molecule has 0 unspecified atom stereocenters. The van der Waals surface area contributed by atoms with E-state index in [0.29, 0.717) is 21.5 Å². The number of methoxy groups -OCH3 is 1. The summed E-state index contributed by atoms with van der Waals surface area (Å²) in [6.45, 7) is 0. The van der Waals surface area contributed by atoms with Gasteiger partial charge in [0, 0.05) is 10.7 Å². The van der Waals surface area contributed by atoms with Crippen LogP contribution in [0.1, 0.15) is 11.3 Å². The van der Waals surface area contributed by atoms with Gasteiger partial charge < -0.3 is 9.84 Å². The summed E-state index contributed by atoms with van der Waals surface area (Å²) in [6, 6.07) is 10.7. The molecule has 0 radical (unpaired) electrons. The summed E-state index contributed by atoms with van der Waals surface area (Å²) in [7, 11) is 1.47. The monoisotopic (exact) mass is 330 g/mol. The van der Waals surface area contributed by atoms with Crippen LogP contribution < -0.4 is 4.74 Å². The van der Waals surface area contributed by atoms with Crippen molar-refractivity contribution in [3.8, 4) is 17.6 Å². The molecule has 4 nitrogen and oxygen atoms in total. The molecule has 0 saturated heterocycles. The fourth-order valence-electron chi connectivity index (χ4n) is 1.67. The van der Waals surface area contributed by atoms with Crippen molar-refractivity contribution in [3.05, 3.63) is 52.3 Å². The van der Waals surface area contributed by atoms with Crippen LogP contribution in [0.3, 0.4) is 0 Å². The van der Waals surface area contributed by atoms with Crippen molar-refractivity contribution < 1.29 is 9.84 Å². The third kappa shape index (κ3) is 2.98. The van der Waals surface area contributed by atoms with Gasteiger partial charge in [0.25, 0.3) is 0 Å². The number of allylic oxidation sites excluding steroid dienone is 1. The van der Waals surface area contributed by atoms with Gasteiger partial charge in [0.15, 0.2) is 11.5 Å². The van der Waals surface area contributed by atoms with Crippen molar-refractivity contribution >= 4 is 27.6 Å². The highest BCUT2D eigenvalue weighted by atomic mass is 79.9. The lowest BCUT2D eigenvalue weighted by molar-refractivity contribution is 0.373. The molecule has 0 amide bonds. The molecule has 1 aromatic heterocycles. The molecule has 0 aliphatic rings. The fraction of sp³-hybridized carbons (Fsp3) is 0.0667. The summed E-state index contributed by atoms with van der Waals surface area (Å²) < 4.78 is 5.73. The second-order valence-electron chi connectivity index (χ2n) is 3.93. The first-order valence-electron chi connectivity index (χ1n) is 5.75. The predicted octanol–water partition coefficient (Wildman–Crippen LogP) is 3.62. The number of benzene rings is 1. The summed E-state index contributed by atoms with van der Waals surface area (Å²) >= 11 is 3.35. The minimum Gasteiger partial charge on any atom is -0.504 e. The van der Waals surface area contributed by atoms with Gasteiger partial charge in [-0.3, -0.25) is 4.98 Å². The van der Waals surface area contributed by atoms with E-state index in [1.807, 2.05) is 6.07 Å². The maximum absolute atomic E-state index is 9.67. The number of phenols is 1. The Morgan fingerprint density at radius 3 is 2.85 bits per heavy atom. The second kappa shape index (κ2) is 6.22. The highest BCUT2D eigenvalue weighted by molar-refractivity contribution is 9.10. The first-order chi connectivity index (χ1) is 9.65. The van der Waals surface area contributed by atoms with Crippen molar-refractivity contribution in [2.24, 2.45) is 0 Å². The van der Waals surface area contributed by atoms with E-state index in [1.165, 1.54) is 13.2 Å². The molecule has 2 rings (SSSR count). The minimum atomic E-state index is 0.0351. The number of ether oxygens (including phenoxy) is 1. The van der Waals surface area contributed by atoms with E-state index in [1.54, 1.807) is 30.5 Å². The summed E-state index contributed by atoms with van der Waals surface area (Å²) in [5.74, 6) is 0.380. The number of pyridine rings is 1. The highest BCUT2D eigenvalue weighted by Crippen LogP contribution is 2.34. The molecule has 1 N–H and O–H groups in total. The SMILES string of the molecule is COc1cc(/C=C(/C#N)c2ccccn2)c(Br)cc1O. The van der Waals surface area contributed by atoms with Crippen LogP contribution in [0.4, 0.5) is 0 Å². The van der Waals surface area contributed by atoms with Crippen LogP contribution in [0.2, 0.25) is 0 Å². The third-order valence-corrected chi connectivity index (χ3v) is 3.35. The first-order valence-corrected chi connectivity index (χ1v) is 6.54. The van der Waals surface area contributed by atoms with E-state index in [-0.39, 0.29) is 5.75 Å². The van der Waals surface area contributed by atoms with E-state index in [9.17, 15) is 10.4 Å². The van der Waals surface area contributed by atoms with E-state index in [4.69, 9.17) is 4.74 Å². The summed E-state index contributed by atoms with van der Waals surface area (Å²) in [4.78, 5) is 4.15. The van der Waals surface area contributed by atoms with Gasteiger partial charge in [-0.25, -0.2) is 0 Å². The lowest BCUT2D eigenvalue weighted by Gasteiger charge is -2.07. The van der Waals surface area contributed by atoms with Crippen LogP contribution in [-0.4, -0.2) is 17.2 Å². The molecule has 0 fully saturated rings. The Kier molecular flexibility index (Phi) is 4.38. The molecule has 0 aliphatic heterocycles. The number of halogens is 1. The maximum Gasteiger partial charge on any atom is 0.161 e. The number of rotatable bonds is 3. The van der Waals surface area contributed by atoms with Crippen LogP contribution >= 0.6 is 15.9 Å². The molecular formula is C15H11BrN2O2. The van der Waals surface area contributed by atoms with E-state index >= 15 is 0 Å². The average Bonchev–Trinajstić information content (AvgIpc) is 2.47. The van der Waals surface area contributed by atoms with Gasteiger partial charge in [-0.05, 0) is 35.9 Å². The molecule has 0 aliphatic carbocycles. The minimum absolute atomic E-state index is 0.0351. The van der Waals surface area contributed by atoms with Crippen LogP contribution in [0, 0.1) is 11.3 Å². The molecule has 100 valence electrons. The Morgan fingerprint density at radius 1 is 1.45 bits per heavy atom. The van der Waals surface area contributed by atoms with Crippen LogP contribution in [-0.2, 0) is 0 Å². The normalized spacial score (nSPS) is 10.9. The zero-order chi connectivity index (χ0) is 14.5. The second-order valence-corrected chi connectivity index (χ2v) is 4.78. The number of nitriles is 1. The molecular weight excluding hydrogens is 320 g/mol. The first kappa shape index (κ1) is 14.1. The Labute approximate surface area is 125 Å². The Hall–Kier alpha value is -2.32. The number of hydrogen-bond acceptors (Lipinski definition) is 4. The van der Waals surface area contributed by atoms with Crippen molar-refractivity contribution in [3.63, 3.8) is 0 Å². The molecule has 5 heteroatoms. The van der Waals surface area contributed by atoms with E-state index < -0.39 is 0 Å². The Balaban J connectivity index is 2.51. The number of aromatic nitrogens is 1. The number of aromatic hydroxyl groups is 1.